The van der Waals surface area contributed by atoms with Crippen molar-refractivity contribution in [3.05, 3.63) is 40.3 Å². The lowest BCUT2D eigenvalue weighted by Gasteiger charge is -1.97. The van der Waals surface area contributed by atoms with Crippen LogP contribution in [0.3, 0.4) is 0 Å². The van der Waals surface area contributed by atoms with E-state index in [0.717, 1.165) is 0 Å². The van der Waals surface area contributed by atoms with Gasteiger partial charge in [-0.05, 0) is 12.1 Å². The molecule has 15 heavy (non-hydrogen) atoms. The van der Waals surface area contributed by atoms with Crippen molar-refractivity contribution in [2.75, 3.05) is 0 Å². The number of rotatable bonds is 2. The van der Waals surface area contributed by atoms with Crippen LogP contribution < -0.4 is 0 Å². The molecule has 0 unspecified atom stereocenters. The van der Waals surface area contributed by atoms with E-state index in [0.29, 0.717) is 3.77 Å². The fourth-order valence-electron chi connectivity index (χ4n) is 1.06. The van der Waals surface area contributed by atoms with Crippen LogP contribution in [0.15, 0.2) is 51.1 Å². The highest BCUT2D eigenvalue weighted by atomic mass is 127. The highest BCUT2D eigenvalue weighted by molar-refractivity contribution is 14.1. The molecule has 1 aromatic carbocycles. The quantitative estimate of drug-likeness (QED) is 0.789. The minimum atomic E-state index is -3.60. The molecule has 0 saturated carbocycles. The number of sulfone groups is 1. The summed E-state index contributed by atoms with van der Waals surface area (Å²) in [4.78, 5) is 3.89. The summed E-state index contributed by atoms with van der Waals surface area (Å²) in [6.45, 7) is 0. The topological polar surface area (TPSA) is 60.2 Å². The lowest BCUT2D eigenvalue weighted by Crippen LogP contribution is -2.01. The Balaban J connectivity index is 2.54. The molecule has 0 aliphatic heterocycles. The van der Waals surface area contributed by atoms with E-state index in [-0.39, 0.29) is 10.1 Å². The van der Waals surface area contributed by atoms with Gasteiger partial charge >= 0.3 is 5.22 Å². The van der Waals surface area contributed by atoms with Crippen LogP contribution in [-0.2, 0) is 9.84 Å². The van der Waals surface area contributed by atoms with Gasteiger partial charge in [-0.1, -0.05) is 18.2 Å². The fourth-order valence-corrected chi connectivity index (χ4v) is 2.67. The van der Waals surface area contributed by atoms with Crippen molar-refractivity contribution in [3.8, 4) is 0 Å². The van der Waals surface area contributed by atoms with Crippen molar-refractivity contribution in [1.29, 1.82) is 0 Å². The third kappa shape index (κ3) is 2.05. The van der Waals surface area contributed by atoms with Gasteiger partial charge in [0.2, 0.25) is 0 Å². The molecule has 78 valence electrons. The highest BCUT2D eigenvalue weighted by Crippen LogP contribution is 2.20. The van der Waals surface area contributed by atoms with Gasteiger partial charge in [0.05, 0.1) is 11.1 Å². The van der Waals surface area contributed by atoms with E-state index in [2.05, 4.69) is 4.98 Å². The van der Waals surface area contributed by atoms with E-state index in [4.69, 9.17) is 4.42 Å². The lowest BCUT2D eigenvalue weighted by molar-refractivity contribution is 0.411. The van der Waals surface area contributed by atoms with E-state index in [1.54, 1.807) is 18.2 Å². The second kappa shape index (κ2) is 3.93. The predicted octanol–water partition coefficient (Wildman–Crippen LogP) is 2.11. The number of hydrogen-bond acceptors (Lipinski definition) is 4. The van der Waals surface area contributed by atoms with E-state index in [9.17, 15) is 8.42 Å². The molecular formula is C9H6INO3S. The molecule has 0 bridgehead atoms. The first kappa shape index (κ1) is 10.6. The Morgan fingerprint density at radius 3 is 2.40 bits per heavy atom. The maximum Gasteiger partial charge on any atom is 0.320 e. The second-order valence-corrected chi connectivity index (χ2v) is 5.64. The maximum absolute atomic E-state index is 11.9. The number of halogens is 1. The summed E-state index contributed by atoms with van der Waals surface area (Å²) in [5, 5.41) is -0.266. The van der Waals surface area contributed by atoms with Crippen molar-refractivity contribution in [2.45, 2.75) is 10.1 Å². The van der Waals surface area contributed by atoms with Crippen LogP contribution in [0, 0.1) is 3.77 Å². The predicted molar refractivity (Wildman–Crippen MR) is 61.1 cm³/mol. The van der Waals surface area contributed by atoms with Crippen LogP contribution >= 0.6 is 22.6 Å². The molecule has 4 nitrogen and oxygen atoms in total. The Morgan fingerprint density at radius 1 is 1.20 bits per heavy atom. The first-order valence-electron chi connectivity index (χ1n) is 4.02. The van der Waals surface area contributed by atoms with Gasteiger partial charge in [0.1, 0.15) is 0 Å². The third-order valence-electron chi connectivity index (χ3n) is 1.74. The van der Waals surface area contributed by atoms with Crippen LogP contribution in [0.4, 0.5) is 0 Å². The van der Waals surface area contributed by atoms with Crippen LogP contribution in [0.1, 0.15) is 0 Å². The van der Waals surface area contributed by atoms with Crippen LogP contribution in [-0.4, -0.2) is 13.4 Å². The molecule has 0 radical (unpaired) electrons. The molecule has 0 fully saturated rings. The zero-order chi connectivity index (χ0) is 10.9. The molecule has 0 aliphatic carbocycles. The van der Waals surface area contributed by atoms with Gasteiger partial charge in [0, 0.05) is 22.6 Å². The summed E-state index contributed by atoms with van der Waals surface area (Å²) in [7, 11) is -3.60. The largest absolute Gasteiger partial charge is 0.422 e. The summed E-state index contributed by atoms with van der Waals surface area (Å²) in [6, 6.07) is 8.07. The number of oxazole rings is 1. The molecule has 0 N–H and O–H groups in total. The highest BCUT2D eigenvalue weighted by Gasteiger charge is 2.22. The smallest absolute Gasteiger partial charge is 0.320 e. The normalized spacial score (nSPS) is 11.5. The van der Waals surface area contributed by atoms with Crippen molar-refractivity contribution in [1.82, 2.24) is 4.98 Å². The lowest BCUT2D eigenvalue weighted by atomic mass is 10.4. The van der Waals surface area contributed by atoms with Crippen molar-refractivity contribution in [2.24, 2.45) is 0 Å². The first-order valence-corrected chi connectivity index (χ1v) is 6.58. The summed E-state index contributed by atoms with van der Waals surface area (Å²) in [6.07, 6.45) is 1.37. The molecule has 0 spiro atoms. The Morgan fingerprint density at radius 2 is 1.87 bits per heavy atom. The van der Waals surface area contributed by atoms with E-state index in [1.165, 1.54) is 18.3 Å². The summed E-state index contributed by atoms with van der Waals surface area (Å²) in [5.41, 5.74) is 0. The Kier molecular flexibility index (Phi) is 2.79. The fraction of sp³-hybridized carbons (Fsp3) is 0. The summed E-state index contributed by atoms with van der Waals surface area (Å²) < 4.78 is 29.2. The number of nitrogens with zero attached hydrogens (tertiary/aromatic N) is 1. The average Bonchev–Trinajstić information content (AvgIpc) is 2.67. The monoisotopic (exact) mass is 335 g/mol. The molecule has 2 rings (SSSR count). The maximum atomic E-state index is 11.9. The molecule has 0 aliphatic rings. The Labute approximate surface area is 100 Å². The van der Waals surface area contributed by atoms with Crippen LogP contribution in [0.5, 0.6) is 0 Å². The van der Waals surface area contributed by atoms with Crippen LogP contribution in [0.25, 0.3) is 0 Å². The van der Waals surface area contributed by atoms with Gasteiger partial charge in [-0.15, -0.1) is 0 Å². The zero-order valence-corrected chi connectivity index (χ0v) is 10.4. The molecule has 2 aromatic rings. The van der Waals surface area contributed by atoms with E-state index >= 15 is 0 Å². The minimum absolute atomic E-state index is 0.184. The van der Waals surface area contributed by atoms with Gasteiger partial charge in [-0.25, -0.2) is 13.4 Å². The number of aromatic nitrogens is 1. The second-order valence-electron chi connectivity index (χ2n) is 2.75. The molecule has 6 heteroatoms. The van der Waals surface area contributed by atoms with Gasteiger partial charge in [-0.2, -0.15) is 0 Å². The standard InChI is InChI=1S/C9H6INO3S/c10-8-6-11-9(14-8)15(12,13)7-4-2-1-3-5-7/h1-6H. The molecule has 0 saturated heterocycles. The minimum Gasteiger partial charge on any atom is -0.422 e. The van der Waals surface area contributed by atoms with Crippen molar-refractivity contribution < 1.29 is 12.8 Å². The van der Waals surface area contributed by atoms with E-state index in [1.807, 2.05) is 22.6 Å². The zero-order valence-electron chi connectivity index (χ0n) is 7.42. The Hall–Kier alpha value is -0.890. The molecule has 0 atom stereocenters. The van der Waals surface area contributed by atoms with Gasteiger partial charge in [-0.3, -0.25) is 0 Å². The number of benzene rings is 1. The molecule has 1 heterocycles. The first-order chi connectivity index (χ1) is 7.10. The van der Waals surface area contributed by atoms with Crippen molar-refractivity contribution >= 4 is 32.4 Å². The number of hydrogen-bond donors (Lipinski definition) is 0. The van der Waals surface area contributed by atoms with Gasteiger partial charge in [0.25, 0.3) is 9.84 Å². The Bertz CT molecular complexity index is 562. The van der Waals surface area contributed by atoms with Crippen LogP contribution in [0.2, 0.25) is 0 Å². The summed E-state index contributed by atoms with van der Waals surface area (Å²) in [5.74, 6) is 0. The van der Waals surface area contributed by atoms with E-state index < -0.39 is 9.84 Å². The summed E-state index contributed by atoms with van der Waals surface area (Å²) >= 11 is 1.87. The van der Waals surface area contributed by atoms with Gasteiger partial charge in [0.15, 0.2) is 3.77 Å². The molecule has 0 amide bonds. The SMILES string of the molecule is O=S(=O)(c1ccccc1)c1ncc(I)o1. The molecule has 1 aromatic heterocycles. The van der Waals surface area contributed by atoms with Gasteiger partial charge < -0.3 is 4.42 Å². The van der Waals surface area contributed by atoms with Crippen molar-refractivity contribution in [3.63, 3.8) is 0 Å². The average molecular weight is 335 g/mol. The third-order valence-corrected chi connectivity index (χ3v) is 3.78. The molecular weight excluding hydrogens is 329 g/mol.